The average molecular weight is 368 g/mol. The van der Waals surface area contributed by atoms with Crippen molar-refractivity contribution < 1.29 is 13.7 Å². The van der Waals surface area contributed by atoms with Crippen molar-refractivity contribution in [3.05, 3.63) is 47.7 Å². The number of amides is 1. The lowest BCUT2D eigenvalue weighted by molar-refractivity contribution is 0.0787. The van der Waals surface area contributed by atoms with Gasteiger partial charge in [-0.25, -0.2) is 9.07 Å². The summed E-state index contributed by atoms with van der Waals surface area (Å²) in [6.45, 7) is 1.14. The van der Waals surface area contributed by atoms with Gasteiger partial charge in [0.05, 0.1) is 12.2 Å². The first-order chi connectivity index (χ1) is 13.2. The highest BCUT2D eigenvalue weighted by Crippen LogP contribution is 2.38. The number of hydrogen-bond donors (Lipinski definition) is 0. The third-order valence-corrected chi connectivity index (χ3v) is 5.03. The molecule has 1 aromatic carbocycles. The number of aromatic nitrogens is 5. The van der Waals surface area contributed by atoms with Crippen LogP contribution in [0.3, 0.4) is 0 Å². The second-order valence-corrected chi connectivity index (χ2v) is 7.02. The van der Waals surface area contributed by atoms with Crippen LogP contribution in [0.1, 0.15) is 47.4 Å². The van der Waals surface area contributed by atoms with Crippen LogP contribution in [0.2, 0.25) is 0 Å². The summed E-state index contributed by atoms with van der Waals surface area (Å²) in [7, 11) is 0. The Morgan fingerprint density at radius 3 is 2.78 bits per heavy atom. The van der Waals surface area contributed by atoms with Gasteiger partial charge < -0.3 is 9.42 Å². The van der Waals surface area contributed by atoms with Gasteiger partial charge in [0.2, 0.25) is 0 Å². The van der Waals surface area contributed by atoms with Crippen molar-refractivity contribution in [3.8, 4) is 11.6 Å². The van der Waals surface area contributed by atoms with Gasteiger partial charge in [-0.3, -0.25) is 4.79 Å². The van der Waals surface area contributed by atoms with Crippen molar-refractivity contribution in [2.75, 3.05) is 13.1 Å². The number of carbonyl (C=O) groups is 1. The summed E-state index contributed by atoms with van der Waals surface area (Å²) in [5.41, 5.74) is 1.02. The molecule has 138 valence electrons. The quantitative estimate of drug-likeness (QED) is 0.703. The van der Waals surface area contributed by atoms with Gasteiger partial charge in [0.15, 0.2) is 11.5 Å². The van der Waals surface area contributed by atoms with Crippen LogP contribution in [-0.4, -0.2) is 49.0 Å². The SMILES string of the molecule is O=C(c1ccc(F)cc1)N1CC[C@H](n2cc(-c3nc(C4CC4)no3)nn2)C1. The molecule has 1 aliphatic heterocycles. The molecule has 0 spiro atoms. The van der Waals surface area contributed by atoms with Crippen molar-refractivity contribution in [2.24, 2.45) is 0 Å². The largest absolute Gasteiger partial charge is 0.336 e. The summed E-state index contributed by atoms with van der Waals surface area (Å²) in [5, 5.41) is 12.3. The second kappa shape index (κ2) is 6.26. The molecular weight excluding hydrogens is 351 g/mol. The van der Waals surface area contributed by atoms with Gasteiger partial charge in [0, 0.05) is 24.6 Å². The first kappa shape index (κ1) is 16.1. The van der Waals surface area contributed by atoms with Gasteiger partial charge in [-0.15, -0.1) is 5.10 Å². The van der Waals surface area contributed by atoms with Crippen molar-refractivity contribution in [1.29, 1.82) is 0 Å². The molecule has 27 heavy (non-hydrogen) atoms. The molecule has 0 bridgehead atoms. The van der Waals surface area contributed by atoms with Crippen LogP contribution >= 0.6 is 0 Å². The molecule has 1 saturated carbocycles. The first-order valence-electron chi connectivity index (χ1n) is 8.98. The van der Waals surface area contributed by atoms with Gasteiger partial charge >= 0.3 is 0 Å². The monoisotopic (exact) mass is 368 g/mol. The zero-order valence-electron chi connectivity index (χ0n) is 14.5. The van der Waals surface area contributed by atoms with E-state index in [2.05, 4.69) is 20.5 Å². The summed E-state index contributed by atoms with van der Waals surface area (Å²) < 4.78 is 20.1. The second-order valence-electron chi connectivity index (χ2n) is 7.02. The fourth-order valence-electron chi connectivity index (χ4n) is 3.32. The normalized spacial score (nSPS) is 19.6. The zero-order chi connectivity index (χ0) is 18.4. The lowest BCUT2D eigenvalue weighted by Crippen LogP contribution is -2.29. The van der Waals surface area contributed by atoms with E-state index >= 15 is 0 Å². The van der Waals surface area contributed by atoms with Crippen LogP contribution in [0.15, 0.2) is 35.0 Å². The molecule has 3 aromatic rings. The van der Waals surface area contributed by atoms with E-state index in [9.17, 15) is 9.18 Å². The summed E-state index contributed by atoms with van der Waals surface area (Å²) in [6.07, 6.45) is 4.75. The van der Waals surface area contributed by atoms with Gasteiger partial charge in [-0.05, 0) is 43.5 Å². The van der Waals surface area contributed by atoms with E-state index in [0.717, 1.165) is 25.1 Å². The molecule has 1 saturated heterocycles. The maximum Gasteiger partial charge on any atom is 0.280 e. The van der Waals surface area contributed by atoms with Crippen LogP contribution in [0.5, 0.6) is 0 Å². The predicted octanol–water partition coefficient (Wildman–Crippen LogP) is 2.43. The highest BCUT2D eigenvalue weighted by atomic mass is 19.1. The Bertz CT molecular complexity index is 978. The van der Waals surface area contributed by atoms with E-state index in [0.29, 0.717) is 36.2 Å². The minimum atomic E-state index is -0.355. The molecule has 1 atom stereocenters. The number of rotatable bonds is 4. The maximum absolute atomic E-state index is 13.0. The molecule has 2 fully saturated rings. The van der Waals surface area contributed by atoms with Gasteiger partial charge in [0.1, 0.15) is 5.82 Å². The highest BCUT2D eigenvalue weighted by Gasteiger charge is 2.31. The smallest absolute Gasteiger partial charge is 0.280 e. The number of nitrogens with zero attached hydrogens (tertiary/aromatic N) is 6. The van der Waals surface area contributed by atoms with E-state index < -0.39 is 0 Å². The number of benzene rings is 1. The van der Waals surface area contributed by atoms with Gasteiger partial charge in [-0.1, -0.05) is 10.4 Å². The van der Waals surface area contributed by atoms with Crippen LogP contribution in [0.4, 0.5) is 4.39 Å². The Hall–Kier alpha value is -3.10. The Labute approximate surface area is 154 Å². The predicted molar refractivity (Wildman–Crippen MR) is 91.2 cm³/mol. The summed E-state index contributed by atoms with van der Waals surface area (Å²) in [4.78, 5) is 18.7. The molecule has 9 heteroatoms. The molecular formula is C18H17FN6O2. The summed E-state index contributed by atoms with van der Waals surface area (Å²) in [5.74, 6) is 1.06. The summed E-state index contributed by atoms with van der Waals surface area (Å²) in [6, 6.07) is 5.63. The fraction of sp³-hybridized carbons (Fsp3) is 0.389. The van der Waals surface area contributed by atoms with E-state index in [1.54, 1.807) is 15.8 Å². The number of carbonyl (C=O) groups excluding carboxylic acids is 1. The number of hydrogen-bond acceptors (Lipinski definition) is 6. The van der Waals surface area contributed by atoms with Crippen LogP contribution in [-0.2, 0) is 0 Å². The first-order valence-corrected chi connectivity index (χ1v) is 8.98. The lowest BCUT2D eigenvalue weighted by Gasteiger charge is -2.16. The van der Waals surface area contributed by atoms with E-state index in [1.165, 1.54) is 24.3 Å². The average Bonchev–Trinajstić information content (AvgIpc) is 3.09. The molecule has 0 radical (unpaired) electrons. The Morgan fingerprint density at radius 1 is 1.19 bits per heavy atom. The minimum absolute atomic E-state index is 0.0291. The number of likely N-dealkylation sites (tertiary alicyclic amines) is 1. The van der Waals surface area contributed by atoms with E-state index in [4.69, 9.17) is 4.52 Å². The van der Waals surface area contributed by atoms with Gasteiger partial charge in [-0.2, -0.15) is 4.98 Å². The van der Waals surface area contributed by atoms with Crippen LogP contribution < -0.4 is 0 Å². The Balaban J connectivity index is 1.28. The highest BCUT2D eigenvalue weighted by molar-refractivity contribution is 5.94. The van der Waals surface area contributed by atoms with Crippen molar-refractivity contribution in [1.82, 2.24) is 30.0 Å². The lowest BCUT2D eigenvalue weighted by atomic mass is 10.2. The molecule has 2 aliphatic rings. The van der Waals surface area contributed by atoms with E-state index in [1.807, 2.05) is 0 Å². The standard InChI is InChI=1S/C18H17FN6O2/c19-13-5-3-12(4-6-13)18(26)24-8-7-14(9-24)25-10-15(21-23-25)17-20-16(22-27-17)11-1-2-11/h3-6,10-11,14H,1-2,7-9H2/t14-/m0/s1. The zero-order valence-corrected chi connectivity index (χ0v) is 14.5. The Morgan fingerprint density at radius 2 is 2.00 bits per heavy atom. The molecule has 5 rings (SSSR count). The number of halogens is 1. The molecule has 8 nitrogen and oxygen atoms in total. The van der Waals surface area contributed by atoms with Gasteiger partial charge in [0.25, 0.3) is 11.8 Å². The Kier molecular flexibility index (Phi) is 3.73. The molecule has 0 N–H and O–H groups in total. The molecule has 2 aromatic heterocycles. The topological polar surface area (TPSA) is 89.9 Å². The van der Waals surface area contributed by atoms with E-state index in [-0.39, 0.29) is 17.8 Å². The maximum atomic E-state index is 13.0. The summed E-state index contributed by atoms with van der Waals surface area (Å²) >= 11 is 0. The van der Waals surface area contributed by atoms with Crippen LogP contribution in [0, 0.1) is 5.82 Å². The van der Waals surface area contributed by atoms with Crippen molar-refractivity contribution in [2.45, 2.75) is 31.2 Å². The van der Waals surface area contributed by atoms with Crippen molar-refractivity contribution in [3.63, 3.8) is 0 Å². The molecule has 1 amide bonds. The third kappa shape index (κ3) is 3.09. The molecule has 3 heterocycles. The van der Waals surface area contributed by atoms with Crippen molar-refractivity contribution >= 4 is 5.91 Å². The minimum Gasteiger partial charge on any atom is -0.336 e. The molecule has 1 aliphatic carbocycles. The fourth-order valence-corrected chi connectivity index (χ4v) is 3.32. The van der Waals surface area contributed by atoms with Crippen LogP contribution in [0.25, 0.3) is 11.6 Å². The molecule has 0 unspecified atom stereocenters. The third-order valence-electron chi connectivity index (χ3n) is 5.03.